The van der Waals surface area contributed by atoms with Crippen molar-refractivity contribution in [2.75, 3.05) is 33.0 Å². The van der Waals surface area contributed by atoms with E-state index in [2.05, 4.69) is 64.8 Å². The van der Waals surface area contributed by atoms with Crippen LogP contribution < -0.4 is 14.8 Å². The molecule has 138 valence electrons. The van der Waals surface area contributed by atoms with Crippen molar-refractivity contribution >= 4 is 10.8 Å². The van der Waals surface area contributed by atoms with Crippen LogP contribution in [-0.4, -0.2) is 37.9 Å². The smallest absolute Gasteiger partial charge is 0.231 e. The van der Waals surface area contributed by atoms with Crippen LogP contribution in [0, 0.1) is 0 Å². The molecule has 2 aliphatic rings. The molecule has 1 N–H and O–H groups in total. The second-order valence-corrected chi connectivity index (χ2v) is 7.22. The Morgan fingerprint density at radius 1 is 0.852 bits per heavy atom. The van der Waals surface area contributed by atoms with E-state index in [1.807, 2.05) is 6.07 Å². The predicted octanol–water partition coefficient (Wildman–Crippen LogP) is 3.95. The summed E-state index contributed by atoms with van der Waals surface area (Å²) in [5.74, 6) is 1.69. The van der Waals surface area contributed by atoms with Crippen molar-refractivity contribution in [3.63, 3.8) is 0 Å². The van der Waals surface area contributed by atoms with Crippen molar-refractivity contribution < 1.29 is 9.47 Å². The topological polar surface area (TPSA) is 33.7 Å². The summed E-state index contributed by atoms with van der Waals surface area (Å²) in [4.78, 5) is 2.60. The van der Waals surface area contributed by atoms with Crippen LogP contribution >= 0.6 is 0 Å². The normalized spacial score (nSPS) is 18.4. The van der Waals surface area contributed by atoms with Crippen LogP contribution in [0.15, 0.2) is 60.7 Å². The van der Waals surface area contributed by atoms with E-state index >= 15 is 0 Å². The summed E-state index contributed by atoms with van der Waals surface area (Å²) in [5.41, 5.74) is 2.62. The largest absolute Gasteiger partial charge is 0.454 e. The highest BCUT2D eigenvalue weighted by Gasteiger charge is 2.26. The quantitative estimate of drug-likeness (QED) is 0.767. The van der Waals surface area contributed by atoms with E-state index in [0.717, 1.165) is 44.1 Å². The average Bonchev–Trinajstić information content (AvgIpc) is 3.02. The number of ether oxygens (including phenoxy) is 2. The monoisotopic (exact) mass is 360 g/mol. The summed E-state index contributed by atoms with van der Waals surface area (Å²) in [6.45, 7) is 4.52. The Balaban J connectivity index is 1.65. The summed E-state index contributed by atoms with van der Waals surface area (Å²) in [5, 5.41) is 6.13. The average molecular weight is 360 g/mol. The molecule has 0 aliphatic carbocycles. The Morgan fingerprint density at radius 3 is 2.74 bits per heavy atom. The summed E-state index contributed by atoms with van der Waals surface area (Å²) < 4.78 is 11.2. The Hall–Kier alpha value is -2.56. The SMILES string of the molecule is c1ccc2c(C(c3ccc4c(c3)OCO4)N3CCCNCC3)cccc2c1. The number of hydrogen-bond acceptors (Lipinski definition) is 4. The van der Waals surface area contributed by atoms with Gasteiger partial charge in [0.05, 0.1) is 6.04 Å². The van der Waals surface area contributed by atoms with Crippen LogP contribution in [0.4, 0.5) is 0 Å². The molecule has 1 fully saturated rings. The third-order valence-corrected chi connectivity index (χ3v) is 5.57. The van der Waals surface area contributed by atoms with Crippen molar-refractivity contribution in [2.45, 2.75) is 12.5 Å². The van der Waals surface area contributed by atoms with E-state index in [4.69, 9.17) is 9.47 Å². The number of benzene rings is 3. The van der Waals surface area contributed by atoms with Gasteiger partial charge in [-0.3, -0.25) is 4.90 Å². The molecule has 5 rings (SSSR count). The first-order valence-electron chi connectivity index (χ1n) is 9.72. The van der Waals surface area contributed by atoms with E-state index in [-0.39, 0.29) is 6.04 Å². The number of hydrogen-bond donors (Lipinski definition) is 1. The summed E-state index contributed by atoms with van der Waals surface area (Å²) in [6, 6.07) is 21.9. The third kappa shape index (κ3) is 3.15. The first-order chi connectivity index (χ1) is 13.4. The minimum atomic E-state index is 0.200. The molecule has 2 aliphatic heterocycles. The minimum Gasteiger partial charge on any atom is -0.454 e. The van der Waals surface area contributed by atoms with Gasteiger partial charge in [-0.1, -0.05) is 48.5 Å². The Labute approximate surface area is 159 Å². The maximum Gasteiger partial charge on any atom is 0.231 e. The van der Waals surface area contributed by atoms with E-state index in [0.29, 0.717) is 6.79 Å². The molecule has 0 aromatic heterocycles. The highest BCUT2D eigenvalue weighted by molar-refractivity contribution is 5.86. The lowest BCUT2D eigenvalue weighted by atomic mass is 9.92. The van der Waals surface area contributed by atoms with E-state index in [9.17, 15) is 0 Å². The zero-order valence-corrected chi connectivity index (χ0v) is 15.4. The van der Waals surface area contributed by atoms with Gasteiger partial charge in [0.2, 0.25) is 6.79 Å². The minimum absolute atomic E-state index is 0.200. The van der Waals surface area contributed by atoms with Gasteiger partial charge >= 0.3 is 0 Å². The molecular formula is C23H24N2O2. The first-order valence-corrected chi connectivity index (χ1v) is 9.72. The molecule has 4 nitrogen and oxygen atoms in total. The van der Waals surface area contributed by atoms with Crippen molar-refractivity contribution in [1.82, 2.24) is 10.2 Å². The molecule has 1 unspecified atom stereocenters. The van der Waals surface area contributed by atoms with E-state index < -0.39 is 0 Å². The van der Waals surface area contributed by atoms with Crippen LogP contribution in [-0.2, 0) is 0 Å². The van der Waals surface area contributed by atoms with Gasteiger partial charge in [-0.25, -0.2) is 0 Å². The molecule has 0 bridgehead atoms. The maximum atomic E-state index is 5.67. The fourth-order valence-electron chi connectivity index (χ4n) is 4.28. The molecule has 1 atom stereocenters. The van der Waals surface area contributed by atoms with E-state index in [1.165, 1.54) is 21.9 Å². The van der Waals surface area contributed by atoms with Gasteiger partial charge in [0, 0.05) is 19.6 Å². The summed E-state index contributed by atoms with van der Waals surface area (Å²) >= 11 is 0. The Kier molecular flexibility index (Phi) is 4.44. The molecule has 0 amide bonds. The van der Waals surface area contributed by atoms with Crippen LogP contribution in [0.25, 0.3) is 10.8 Å². The molecule has 0 saturated carbocycles. The molecule has 0 spiro atoms. The zero-order valence-electron chi connectivity index (χ0n) is 15.4. The van der Waals surface area contributed by atoms with Crippen LogP contribution in [0.1, 0.15) is 23.6 Å². The fourth-order valence-corrected chi connectivity index (χ4v) is 4.28. The standard InChI is InChI=1S/C23H24N2O2/c1-2-7-19-17(5-1)6-3-8-20(19)23(25-13-4-11-24-12-14-25)18-9-10-21-22(15-18)27-16-26-21/h1-3,5-10,15,23-24H,4,11-14,16H2. The number of rotatable bonds is 3. The third-order valence-electron chi connectivity index (χ3n) is 5.57. The van der Waals surface area contributed by atoms with Crippen LogP contribution in [0.2, 0.25) is 0 Å². The summed E-state index contributed by atoms with van der Waals surface area (Å²) in [7, 11) is 0. The van der Waals surface area contributed by atoms with Crippen molar-refractivity contribution in [3.8, 4) is 11.5 Å². The van der Waals surface area contributed by atoms with Gasteiger partial charge in [0.1, 0.15) is 0 Å². The highest BCUT2D eigenvalue weighted by Crippen LogP contribution is 2.39. The molecule has 1 saturated heterocycles. The summed E-state index contributed by atoms with van der Waals surface area (Å²) in [6.07, 6.45) is 1.16. The Morgan fingerprint density at radius 2 is 1.74 bits per heavy atom. The van der Waals surface area contributed by atoms with Crippen LogP contribution in [0.3, 0.4) is 0 Å². The maximum absolute atomic E-state index is 5.67. The molecule has 2 heterocycles. The van der Waals surface area contributed by atoms with Crippen molar-refractivity contribution in [3.05, 3.63) is 71.8 Å². The first kappa shape index (κ1) is 16.6. The van der Waals surface area contributed by atoms with Crippen molar-refractivity contribution in [1.29, 1.82) is 0 Å². The van der Waals surface area contributed by atoms with Gasteiger partial charge in [-0.05, 0) is 47.0 Å². The second kappa shape index (κ2) is 7.22. The number of nitrogens with zero attached hydrogens (tertiary/aromatic N) is 1. The second-order valence-electron chi connectivity index (χ2n) is 7.22. The van der Waals surface area contributed by atoms with E-state index in [1.54, 1.807) is 0 Å². The van der Waals surface area contributed by atoms with Gasteiger partial charge in [-0.15, -0.1) is 0 Å². The molecule has 0 radical (unpaired) electrons. The fraction of sp³-hybridized carbons (Fsp3) is 0.304. The van der Waals surface area contributed by atoms with Gasteiger partial charge in [0.25, 0.3) is 0 Å². The molecule has 3 aromatic rings. The highest BCUT2D eigenvalue weighted by atomic mass is 16.7. The van der Waals surface area contributed by atoms with Gasteiger partial charge < -0.3 is 14.8 Å². The lowest BCUT2D eigenvalue weighted by molar-refractivity contribution is 0.174. The van der Waals surface area contributed by atoms with Crippen molar-refractivity contribution in [2.24, 2.45) is 0 Å². The predicted molar refractivity (Wildman–Crippen MR) is 107 cm³/mol. The van der Waals surface area contributed by atoms with Gasteiger partial charge in [0.15, 0.2) is 11.5 Å². The lowest BCUT2D eigenvalue weighted by Gasteiger charge is -2.32. The molecule has 4 heteroatoms. The number of nitrogens with one attached hydrogen (secondary N) is 1. The molecule has 3 aromatic carbocycles. The zero-order chi connectivity index (χ0) is 18.1. The molecule has 27 heavy (non-hydrogen) atoms. The van der Waals surface area contributed by atoms with Gasteiger partial charge in [-0.2, -0.15) is 0 Å². The number of fused-ring (bicyclic) bond motifs is 2. The Bertz CT molecular complexity index is 943. The lowest BCUT2D eigenvalue weighted by Crippen LogP contribution is -2.33. The van der Waals surface area contributed by atoms with Crippen LogP contribution in [0.5, 0.6) is 11.5 Å². The molecular weight excluding hydrogens is 336 g/mol.